The van der Waals surface area contributed by atoms with E-state index in [1.807, 2.05) is 13.8 Å². The average Bonchev–Trinajstić information content (AvgIpc) is 2.00. The van der Waals surface area contributed by atoms with E-state index in [9.17, 15) is 13.2 Å². The highest BCUT2D eigenvalue weighted by atomic mass is 32.2. The molecule has 0 rings (SSSR count). The zero-order chi connectivity index (χ0) is 12.1. The van der Waals surface area contributed by atoms with Crippen molar-refractivity contribution in [3.63, 3.8) is 0 Å². The molecular formula is C9H20N2O3S. The molecule has 1 amide bonds. The molecule has 1 atom stereocenters. The number of nitrogens with two attached hydrogens (primary N) is 1. The van der Waals surface area contributed by atoms with Gasteiger partial charge >= 0.3 is 0 Å². The van der Waals surface area contributed by atoms with Crippen LogP contribution in [0.5, 0.6) is 0 Å². The predicted molar refractivity (Wildman–Crippen MR) is 60.2 cm³/mol. The first kappa shape index (κ1) is 14.4. The number of sulfone groups is 1. The lowest BCUT2D eigenvalue weighted by atomic mass is 9.94. The van der Waals surface area contributed by atoms with Gasteiger partial charge in [-0.25, -0.2) is 8.42 Å². The Kier molecular flexibility index (Phi) is 5.23. The average molecular weight is 236 g/mol. The van der Waals surface area contributed by atoms with Crippen LogP contribution in [0.15, 0.2) is 0 Å². The Balaban J connectivity index is 4.37. The molecule has 0 aliphatic heterocycles. The van der Waals surface area contributed by atoms with Gasteiger partial charge in [-0.3, -0.25) is 4.79 Å². The van der Waals surface area contributed by atoms with E-state index in [1.54, 1.807) is 0 Å². The highest BCUT2D eigenvalue weighted by molar-refractivity contribution is 7.91. The number of carbonyl (C=O) groups excluding carboxylic acids is 1. The van der Waals surface area contributed by atoms with E-state index in [0.29, 0.717) is 13.0 Å². The molecule has 0 aromatic rings. The summed E-state index contributed by atoms with van der Waals surface area (Å²) in [6.45, 7) is 4.25. The van der Waals surface area contributed by atoms with E-state index in [2.05, 4.69) is 5.32 Å². The minimum Gasteiger partial charge on any atom is -0.350 e. The summed E-state index contributed by atoms with van der Waals surface area (Å²) in [7, 11) is -3.26. The highest BCUT2D eigenvalue weighted by Gasteiger charge is 2.24. The van der Waals surface area contributed by atoms with Crippen LogP contribution in [0.25, 0.3) is 0 Å². The van der Waals surface area contributed by atoms with Gasteiger partial charge in [0.2, 0.25) is 5.91 Å². The Morgan fingerprint density at radius 3 is 2.33 bits per heavy atom. The second kappa shape index (κ2) is 5.46. The van der Waals surface area contributed by atoms with Crippen molar-refractivity contribution in [3.05, 3.63) is 0 Å². The number of amides is 1. The molecule has 0 fully saturated rings. The summed E-state index contributed by atoms with van der Waals surface area (Å²) in [5.74, 6) is -0.928. The third-order valence-electron chi connectivity index (χ3n) is 2.31. The monoisotopic (exact) mass is 236 g/mol. The molecule has 0 aromatic carbocycles. The van der Waals surface area contributed by atoms with Gasteiger partial charge in [0.25, 0.3) is 0 Å². The first-order valence-electron chi connectivity index (χ1n) is 4.91. The molecule has 0 aromatic heterocycles. The van der Waals surface area contributed by atoms with Crippen LogP contribution in [0.4, 0.5) is 0 Å². The van der Waals surface area contributed by atoms with Crippen molar-refractivity contribution in [1.82, 2.24) is 5.32 Å². The molecular weight excluding hydrogens is 216 g/mol. The van der Waals surface area contributed by atoms with E-state index < -0.39 is 27.0 Å². The van der Waals surface area contributed by atoms with Crippen LogP contribution >= 0.6 is 0 Å². The van der Waals surface area contributed by atoms with Gasteiger partial charge < -0.3 is 11.1 Å². The summed E-state index contributed by atoms with van der Waals surface area (Å²) in [4.78, 5) is 11.4. The lowest BCUT2D eigenvalue weighted by Gasteiger charge is -2.29. The van der Waals surface area contributed by atoms with Gasteiger partial charge in [0, 0.05) is 11.8 Å². The molecule has 3 N–H and O–H groups in total. The van der Waals surface area contributed by atoms with E-state index in [0.717, 1.165) is 12.7 Å². The third kappa shape index (κ3) is 6.46. The number of hydrogen-bond donors (Lipinski definition) is 2. The molecule has 1 unspecified atom stereocenters. The van der Waals surface area contributed by atoms with Crippen molar-refractivity contribution in [2.75, 3.05) is 18.6 Å². The maximum Gasteiger partial charge on any atom is 0.235 e. The van der Waals surface area contributed by atoms with Crippen LogP contribution in [0, 0.1) is 0 Å². The van der Waals surface area contributed by atoms with Crippen molar-refractivity contribution >= 4 is 15.7 Å². The summed E-state index contributed by atoms with van der Waals surface area (Å²) in [6.07, 6.45) is 2.40. The Bertz CT molecular complexity index is 313. The van der Waals surface area contributed by atoms with Gasteiger partial charge in [-0.1, -0.05) is 6.92 Å². The molecule has 0 heterocycles. The van der Waals surface area contributed by atoms with E-state index >= 15 is 0 Å². The maximum atomic E-state index is 11.4. The van der Waals surface area contributed by atoms with Gasteiger partial charge in [0.1, 0.15) is 5.75 Å². The minimum absolute atomic E-state index is 0.406. The molecule has 5 nitrogen and oxygen atoms in total. The molecule has 0 aliphatic rings. The van der Waals surface area contributed by atoms with Crippen LogP contribution in [0.1, 0.15) is 26.7 Å². The summed E-state index contributed by atoms with van der Waals surface area (Å²) < 4.78 is 21.8. The molecule has 0 saturated heterocycles. The van der Waals surface area contributed by atoms with Crippen molar-refractivity contribution in [2.45, 2.75) is 32.2 Å². The fourth-order valence-corrected chi connectivity index (χ4v) is 1.81. The number of carbonyl (C=O) groups is 1. The van der Waals surface area contributed by atoms with Gasteiger partial charge in [-0.05, 0) is 26.3 Å². The number of nitrogens with one attached hydrogen (secondary N) is 1. The molecule has 90 valence electrons. The third-order valence-corrected chi connectivity index (χ3v) is 3.10. The zero-order valence-corrected chi connectivity index (χ0v) is 10.4. The van der Waals surface area contributed by atoms with Crippen molar-refractivity contribution in [3.8, 4) is 0 Å². The molecule has 6 heteroatoms. The van der Waals surface area contributed by atoms with Crippen molar-refractivity contribution in [1.29, 1.82) is 0 Å². The summed E-state index contributed by atoms with van der Waals surface area (Å²) in [5.41, 5.74) is 5.02. The molecule has 15 heavy (non-hydrogen) atoms. The quantitative estimate of drug-likeness (QED) is 0.660. The summed E-state index contributed by atoms with van der Waals surface area (Å²) in [6, 6.07) is 0. The van der Waals surface area contributed by atoms with E-state index in [-0.39, 0.29) is 0 Å². The fraction of sp³-hybridized carbons (Fsp3) is 0.889. The van der Waals surface area contributed by atoms with Gasteiger partial charge in [0.05, 0.1) is 0 Å². The van der Waals surface area contributed by atoms with Crippen LogP contribution in [0.2, 0.25) is 0 Å². The van der Waals surface area contributed by atoms with Crippen LogP contribution < -0.4 is 11.1 Å². The second-order valence-corrected chi connectivity index (χ2v) is 6.21. The van der Waals surface area contributed by atoms with Crippen LogP contribution in [-0.4, -0.2) is 38.4 Å². The smallest absolute Gasteiger partial charge is 0.235 e. The highest BCUT2D eigenvalue weighted by Crippen LogP contribution is 2.13. The van der Waals surface area contributed by atoms with E-state index in [4.69, 9.17) is 5.73 Å². The molecule has 0 saturated carbocycles. The number of hydrogen-bond acceptors (Lipinski definition) is 4. The maximum absolute atomic E-state index is 11.4. The van der Waals surface area contributed by atoms with Gasteiger partial charge in [-0.2, -0.15) is 0 Å². The lowest BCUT2D eigenvalue weighted by molar-refractivity contribution is -0.120. The Morgan fingerprint density at radius 2 is 2.00 bits per heavy atom. The lowest BCUT2D eigenvalue weighted by Crippen LogP contribution is -2.48. The summed E-state index contributed by atoms with van der Waals surface area (Å²) >= 11 is 0. The van der Waals surface area contributed by atoms with E-state index in [1.165, 1.54) is 0 Å². The standard InChI is InChI=1S/C9H20N2O3S/c1-4-9(2,5-6-10)11-8(12)7-15(3,13)14/h4-7,10H2,1-3H3,(H,11,12). The molecule has 0 radical (unpaired) electrons. The fourth-order valence-electron chi connectivity index (χ4n) is 1.26. The molecule has 0 aliphatic carbocycles. The van der Waals surface area contributed by atoms with Gasteiger partial charge in [-0.15, -0.1) is 0 Å². The largest absolute Gasteiger partial charge is 0.350 e. The van der Waals surface area contributed by atoms with Gasteiger partial charge in [0.15, 0.2) is 9.84 Å². The molecule has 0 spiro atoms. The zero-order valence-electron chi connectivity index (χ0n) is 9.54. The van der Waals surface area contributed by atoms with Crippen molar-refractivity contribution < 1.29 is 13.2 Å². The Labute approximate surface area is 91.3 Å². The van der Waals surface area contributed by atoms with Crippen LogP contribution in [-0.2, 0) is 14.6 Å². The van der Waals surface area contributed by atoms with Crippen LogP contribution in [0.3, 0.4) is 0 Å². The Hall–Kier alpha value is -0.620. The molecule has 0 bridgehead atoms. The normalized spacial score (nSPS) is 15.7. The Morgan fingerprint density at radius 1 is 1.47 bits per heavy atom. The topological polar surface area (TPSA) is 89.3 Å². The van der Waals surface area contributed by atoms with Crippen molar-refractivity contribution in [2.24, 2.45) is 5.73 Å². The second-order valence-electron chi connectivity index (χ2n) is 4.07. The first-order chi connectivity index (χ1) is 6.72. The summed E-state index contributed by atoms with van der Waals surface area (Å²) in [5, 5.41) is 2.70. The first-order valence-corrected chi connectivity index (χ1v) is 6.97. The number of rotatable bonds is 6. The SMILES string of the molecule is CCC(C)(CCN)NC(=O)CS(C)(=O)=O. The predicted octanol–water partition coefficient (Wildman–Crippen LogP) is -0.335. The minimum atomic E-state index is -3.26.